The van der Waals surface area contributed by atoms with E-state index in [0.717, 1.165) is 42.2 Å². The van der Waals surface area contributed by atoms with E-state index in [4.69, 9.17) is 9.15 Å². The molecule has 0 bridgehead atoms. The lowest BCUT2D eigenvalue weighted by atomic mass is 9.90. The number of benzene rings is 1. The number of carbonyl (C=O) groups is 2. The molecule has 1 atom stereocenters. The Morgan fingerprint density at radius 2 is 2.00 bits per heavy atom. The topological polar surface area (TPSA) is 106 Å². The molecule has 8 heteroatoms. The highest BCUT2D eigenvalue weighted by Gasteiger charge is 2.22. The molecular formula is C21H25NO6S. The predicted octanol–water partition coefficient (Wildman–Crippen LogP) is 2.68. The van der Waals surface area contributed by atoms with Crippen molar-refractivity contribution in [2.24, 2.45) is 0 Å². The molecule has 1 aliphatic rings. The normalized spacial score (nSPS) is 14.3. The number of thioether (sulfide) groups is 1. The molecule has 7 nitrogen and oxygen atoms in total. The van der Waals surface area contributed by atoms with Crippen molar-refractivity contribution in [3.63, 3.8) is 0 Å². The Morgan fingerprint density at radius 1 is 1.28 bits per heavy atom. The van der Waals surface area contributed by atoms with Crippen LogP contribution in [-0.4, -0.2) is 41.6 Å². The van der Waals surface area contributed by atoms with Crippen LogP contribution in [0.5, 0.6) is 5.75 Å². The Bertz CT molecular complexity index is 983. The minimum atomic E-state index is -1.07. The van der Waals surface area contributed by atoms with Gasteiger partial charge in [-0.2, -0.15) is 11.8 Å². The minimum absolute atomic E-state index is 0.303. The third kappa shape index (κ3) is 4.75. The van der Waals surface area contributed by atoms with Gasteiger partial charge < -0.3 is 19.6 Å². The monoisotopic (exact) mass is 419 g/mol. The van der Waals surface area contributed by atoms with E-state index in [1.807, 2.05) is 12.3 Å². The summed E-state index contributed by atoms with van der Waals surface area (Å²) in [6.07, 6.45) is 5.85. The first kappa shape index (κ1) is 21.2. The van der Waals surface area contributed by atoms with Gasteiger partial charge in [0.2, 0.25) is 0 Å². The number of rotatable bonds is 8. The molecule has 1 aromatic carbocycles. The molecule has 0 saturated carbocycles. The Balaban J connectivity index is 1.75. The van der Waals surface area contributed by atoms with E-state index in [0.29, 0.717) is 29.1 Å². The maximum Gasteiger partial charge on any atom is 0.339 e. The fraction of sp³-hybridized carbons (Fsp3) is 0.476. The maximum absolute atomic E-state index is 12.3. The van der Waals surface area contributed by atoms with Crippen LogP contribution in [0.2, 0.25) is 0 Å². The summed E-state index contributed by atoms with van der Waals surface area (Å²) in [5.74, 6) is -0.515. The first-order valence-electron chi connectivity index (χ1n) is 9.64. The van der Waals surface area contributed by atoms with Gasteiger partial charge in [-0.3, -0.25) is 4.79 Å². The number of carbonyl (C=O) groups excluding carboxylic acids is 1. The molecule has 1 heterocycles. The number of aryl methyl sites for hydroxylation is 2. The summed E-state index contributed by atoms with van der Waals surface area (Å²) in [4.78, 5) is 35.7. The summed E-state index contributed by atoms with van der Waals surface area (Å²) in [7, 11) is 0. The Kier molecular flexibility index (Phi) is 6.84. The molecule has 29 heavy (non-hydrogen) atoms. The van der Waals surface area contributed by atoms with Crippen LogP contribution in [-0.2, 0) is 22.4 Å². The lowest BCUT2D eigenvalue weighted by molar-refractivity contribution is -0.142. The van der Waals surface area contributed by atoms with Crippen LogP contribution in [0.1, 0.15) is 36.0 Å². The fourth-order valence-electron chi connectivity index (χ4n) is 3.65. The van der Waals surface area contributed by atoms with Gasteiger partial charge in [-0.25, -0.2) is 9.59 Å². The number of carboxylic acid groups (broad SMARTS) is 1. The predicted molar refractivity (Wildman–Crippen MR) is 112 cm³/mol. The van der Waals surface area contributed by atoms with Gasteiger partial charge in [-0.05, 0) is 68.7 Å². The van der Waals surface area contributed by atoms with Crippen molar-refractivity contribution in [1.29, 1.82) is 0 Å². The molecule has 0 radical (unpaired) electrons. The van der Waals surface area contributed by atoms with E-state index in [1.54, 1.807) is 13.0 Å². The van der Waals surface area contributed by atoms with Crippen molar-refractivity contribution < 1.29 is 23.8 Å². The van der Waals surface area contributed by atoms with Gasteiger partial charge in [-0.15, -0.1) is 0 Å². The molecule has 0 aliphatic heterocycles. The highest BCUT2D eigenvalue weighted by Crippen LogP contribution is 2.32. The summed E-state index contributed by atoms with van der Waals surface area (Å²) in [5, 5.41) is 12.6. The summed E-state index contributed by atoms with van der Waals surface area (Å²) in [6, 6.07) is 2.68. The van der Waals surface area contributed by atoms with Gasteiger partial charge in [0, 0.05) is 16.5 Å². The van der Waals surface area contributed by atoms with Gasteiger partial charge in [-0.1, -0.05) is 0 Å². The highest BCUT2D eigenvalue weighted by molar-refractivity contribution is 7.98. The van der Waals surface area contributed by atoms with E-state index in [1.165, 1.54) is 11.8 Å². The van der Waals surface area contributed by atoms with Crippen LogP contribution in [0.15, 0.2) is 21.3 Å². The summed E-state index contributed by atoms with van der Waals surface area (Å²) < 4.78 is 11.2. The third-order valence-electron chi connectivity index (χ3n) is 5.19. The van der Waals surface area contributed by atoms with Crippen molar-refractivity contribution in [1.82, 2.24) is 5.32 Å². The lowest BCUT2D eigenvalue weighted by Crippen LogP contribution is -2.43. The SMILES string of the molecule is CSCC[C@@H](NC(=O)COc1ccc2c3c(c(=O)oc2c1C)CCCC3)C(=O)O. The highest BCUT2D eigenvalue weighted by atomic mass is 32.2. The van der Waals surface area contributed by atoms with Crippen molar-refractivity contribution >= 4 is 34.6 Å². The zero-order valence-electron chi connectivity index (χ0n) is 16.6. The Morgan fingerprint density at radius 3 is 2.69 bits per heavy atom. The molecule has 0 unspecified atom stereocenters. The Hall–Kier alpha value is -2.48. The molecule has 0 spiro atoms. The third-order valence-corrected chi connectivity index (χ3v) is 5.84. The second kappa shape index (κ2) is 9.35. The maximum atomic E-state index is 12.3. The second-order valence-electron chi connectivity index (χ2n) is 7.15. The molecule has 3 rings (SSSR count). The minimum Gasteiger partial charge on any atom is -0.483 e. The number of amides is 1. The summed E-state index contributed by atoms with van der Waals surface area (Å²) in [6.45, 7) is 1.47. The fourth-order valence-corrected chi connectivity index (χ4v) is 4.13. The van der Waals surface area contributed by atoms with Gasteiger partial charge in [0.25, 0.3) is 5.91 Å². The number of aliphatic carboxylic acids is 1. The molecule has 2 aromatic rings. The average Bonchev–Trinajstić information content (AvgIpc) is 2.71. The zero-order chi connectivity index (χ0) is 21.0. The number of hydrogen-bond donors (Lipinski definition) is 2. The quantitative estimate of drug-likeness (QED) is 0.634. The summed E-state index contributed by atoms with van der Waals surface area (Å²) in [5.41, 5.74) is 2.65. The smallest absolute Gasteiger partial charge is 0.339 e. The molecule has 1 amide bonds. The lowest BCUT2D eigenvalue weighted by Gasteiger charge is -2.18. The van der Waals surface area contributed by atoms with Gasteiger partial charge in [0.05, 0.1) is 0 Å². The van der Waals surface area contributed by atoms with E-state index in [2.05, 4.69) is 5.32 Å². The largest absolute Gasteiger partial charge is 0.483 e. The van der Waals surface area contributed by atoms with Crippen LogP contribution < -0.4 is 15.7 Å². The van der Waals surface area contributed by atoms with Gasteiger partial charge >= 0.3 is 11.6 Å². The average molecular weight is 419 g/mol. The van der Waals surface area contributed by atoms with Crippen LogP contribution >= 0.6 is 11.8 Å². The molecule has 156 valence electrons. The van der Waals surface area contributed by atoms with Crippen molar-refractivity contribution in [2.45, 2.75) is 45.1 Å². The van der Waals surface area contributed by atoms with Gasteiger partial charge in [0.15, 0.2) is 6.61 Å². The van der Waals surface area contributed by atoms with Crippen molar-refractivity contribution in [2.75, 3.05) is 18.6 Å². The van der Waals surface area contributed by atoms with E-state index >= 15 is 0 Å². The van der Waals surface area contributed by atoms with Gasteiger partial charge in [0.1, 0.15) is 17.4 Å². The van der Waals surface area contributed by atoms with Crippen molar-refractivity contribution in [3.05, 3.63) is 39.2 Å². The van der Waals surface area contributed by atoms with Crippen molar-refractivity contribution in [3.8, 4) is 5.75 Å². The molecule has 0 saturated heterocycles. The number of fused-ring (bicyclic) bond motifs is 3. The molecule has 0 fully saturated rings. The number of carboxylic acids is 1. The van der Waals surface area contributed by atoms with Crippen LogP contribution in [0, 0.1) is 6.92 Å². The molecule has 1 aliphatic carbocycles. The molecule has 1 aromatic heterocycles. The van der Waals surface area contributed by atoms with Crippen LogP contribution in [0.4, 0.5) is 0 Å². The molecule has 2 N–H and O–H groups in total. The second-order valence-corrected chi connectivity index (χ2v) is 8.13. The standard InChI is InChI=1S/C21H25NO6S/c1-12-17(27-11-18(23)22-16(20(24)25)9-10-29-2)8-7-14-13-5-3-4-6-15(13)21(26)28-19(12)14/h7-8,16H,3-6,9-11H2,1-2H3,(H,22,23)(H,24,25)/t16-/m1/s1. The van der Waals surface area contributed by atoms with E-state index in [9.17, 15) is 19.5 Å². The van der Waals surface area contributed by atoms with E-state index < -0.39 is 17.9 Å². The van der Waals surface area contributed by atoms with E-state index in [-0.39, 0.29) is 12.2 Å². The Labute approximate surface area is 172 Å². The zero-order valence-corrected chi connectivity index (χ0v) is 17.4. The van der Waals surface area contributed by atoms with Crippen LogP contribution in [0.25, 0.3) is 11.0 Å². The number of ether oxygens (including phenoxy) is 1. The first-order valence-corrected chi connectivity index (χ1v) is 11.0. The van der Waals surface area contributed by atoms with Crippen LogP contribution in [0.3, 0.4) is 0 Å². The molecular weight excluding hydrogens is 394 g/mol. The number of hydrogen-bond acceptors (Lipinski definition) is 6. The first-order chi connectivity index (χ1) is 13.9. The number of nitrogens with one attached hydrogen (secondary N) is 1. The summed E-state index contributed by atoms with van der Waals surface area (Å²) >= 11 is 1.52.